The summed E-state index contributed by atoms with van der Waals surface area (Å²) in [7, 11) is 1.55. The van der Waals surface area contributed by atoms with Crippen molar-refractivity contribution in [1.82, 2.24) is 0 Å². The first-order valence-electron chi connectivity index (χ1n) is 6.75. The zero-order valence-electron chi connectivity index (χ0n) is 11.8. The molecule has 0 unspecified atom stereocenters. The molecule has 0 amide bonds. The topological polar surface area (TPSA) is 45.4 Å². The Kier molecular flexibility index (Phi) is 4.39. The third kappa shape index (κ3) is 2.72. The fourth-order valence-corrected chi connectivity index (χ4v) is 4.39. The first kappa shape index (κ1) is 15.4. The van der Waals surface area contributed by atoms with Gasteiger partial charge in [-0.05, 0) is 37.0 Å². The number of nitrogens with zero attached hydrogens (tertiary/aromatic N) is 2. The molecule has 3 rings (SSSR count). The van der Waals surface area contributed by atoms with Crippen molar-refractivity contribution in [3.8, 4) is 11.8 Å². The number of thiophene rings is 1. The number of fused-ring (bicyclic) bond motifs is 1. The van der Waals surface area contributed by atoms with Crippen LogP contribution in [0.2, 0.25) is 10.0 Å². The van der Waals surface area contributed by atoms with Crippen molar-refractivity contribution in [2.75, 3.05) is 7.11 Å². The lowest BCUT2D eigenvalue weighted by Gasteiger charge is -2.07. The maximum atomic E-state index is 9.37. The van der Waals surface area contributed by atoms with E-state index in [-0.39, 0.29) is 0 Å². The highest BCUT2D eigenvalue weighted by molar-refractivity contribution is 7.16. The molecule has 6 heteroatoms. The van der Waals surface area contributed by atoms with Crippen molar-refractivity contribution in [1.29, 1.82) is 5.26 Å². The quantitative estimate of drug-likeness (QED) is 0.716. The summed E-state index contributed by atoms with van der Waals surface area (Å²) in [5.41, 5.74) is 2.55. The van der Waals surface area contributed by atoms with Gasteiger partial charge >= 0.3 is 0 Å². The minimum Gasteiger partial charge on any atom is -0.495 e. The average Bonchev–Trinajstić information content (AvgIpc) is 3.04. The maximum Gasteiger partial charge on any atom is 0.146 e. The van der Waals surface area contributed by atoms with Gasteiger partial charge in [0, 0.05) is 21.7 Å². The molecule has 0 N–H and O–H groups in total. The molecule has 3 nitrogen and oxygen atoms in total. The van der Waals surface area contributed by atoms with Gasteiger partial charge in [-0.2, -0.15) is 5.26 Å². The molecule has 1 aliphatic carbocycles. The normalized spacial score (nSPS) is 13.4. The second-order valence-corrected chi connectivity index (χ2v) is 6.84. The molecule has 0 spiro atoms. The van der Waals surface area contributed by atoms with E-state index < -0.39 is 0 Å². The molecule has 0 atom stereocenters. The molecular weight excluding hydrogens is 339 g/mol. The zero-order valence-corrected chi connectivity index (χ0v) is 14.1. The van der Waals surface area contributed by atoms with Crippen LogP contribution >= 0.6 is 34.5 Å². The summed E-state index contributed by atoms with van der Waals surface area (Å²) in [6.45, 7) is 0. The summed E-state index contributed by atoms with van der Waals surface area (Å²) in [4.78, 5) is 5.75. The molecule has 0 aliphatic heterocycles. The van der Waals surface area contributed by atoms with Crippen LogP contribution in [0, 0.1) is 11.3 Å². The molecule has 2 aromatic rings. The van der Waals surface area contributed by atoms with E-state index in [1.54, 1.807) is 36.8 Å². The number of hydrogen-bond donors (Lipinski definition) is 0. The number of ether oxygens (including phenoxy) is 1. The van der Waals surface area contributed by atoms with Gasteiger partial charge in [-0.1, -0.05) is 23.2 Å². The second kappa shape index (κ2) is 6.29. The lowest BCUT2D eigenvalue weighted by atomic mass is 10.1. The fourth-order valence-electron chi connectivity index (χ4n) is 2.62. The molecular formula is C16H12Cl2N2OS. The Morgan fingerprint density at radius 2 is 2.18 bits per heavy atom. The smallest absolute Gasteiger partial charge is 0.146 e. The number of aliphatic imine (C=N–C) groups is 1. The maximum absolute atomic E-state index is 9.37. The van der Waals surface area contributed by atoms with Crippen molar-refractivity contribution in [2.45, 2.75) is 19.3 Å². The van der Waals surface area contributed by atoms with Crippen LogP contribution in [0.25, 0.3) is 0 Å². The van der Waals surface area contributed by atoms with Crippen molar-refractivity contribution in [2.24, 2.45) is 4.99 Å². The minimum absolute atomic E-state index is 0.436. The van der Waals surface area contributed by atoms with Gasteiger partial charge in [0.05, 0.1) is 17.7 Å². The number of nitriles is 1. The van der Waals surface area contributed by atoms with Gasteiger partial charge in [0.1, 0.15) is 16.8 Å². The van der Waals surface area contributed by atoms with E-state index in [9.17, 15) is 5.26 Å². The molecule has 112 valence electrons. The Morgan fingerprint density at radius 3 is 2.91 bits per heavy atom. The summed E-state index contributed by atoms with van der Waals surface area (Å²) in [5.74, 6) is 0.525. The monoisotopic (exact) mass is 350 g/mol. The molecule has 1 aromatic carbocycles. The van der Waals surface area contributed by atoms with E-state index >= 15 is 0 Å². The third-order valence-electron chi connectivity index (χ3n) is 3.58. The Bertz CT molecular complexity index is 805. The van der Waals surface area contributed by atoms with Crippen molar-refractivity contribution in [3.63, 3.8) is 0 Å². The van der Waals surface area contributed by atoms with Crippen molar-refractivity contribution >= 4 is 45.8 Å². The van der Waals surface area contributed by atoms with Gasteiger partial charge in [-0.25, -0.2) is 4.99 Å². The minimum atomic E-state index is 0.436. The molecule has 0 fully saturated rings. The van der Waals surface area contributed by atoms with E-state index in [4.69, 9.17) is 27.9 Å². The highest BCUT2D eigenvalue weighted by atomic mass is 35.5. The van der Waals surface area contributed by atoms with E-state index in [1.165, 1.54) is 4.88 Å². The summed E-state index contributed by atoms with van der Waals surface area (Å²) in [6, 6.07) is 5.64. The number of hydrogen-bond acceptors (Lipinski definition) is 4. The highest BCUT2D eigenvalue weighted by Crippen LogP contribution is 2.40. The van der Waals surface area contributed by atoms with Crippen LogP contribution < -0.4 is 4.74 Å². The summed E-state index contributed by atoms with van der Waals surface area (Å²) >= 11 is 13.7. The number of halogens is 2. The van der Waals surface area contributed by atoms with E-state index in [2.05, 4.69) is 11.1 Å². The van der Waals surface area contributed by atoms with Gasteiger partial charge in [0.15, 0.2) is 0 Å². The standard InChI is InChI=1S/C16H12Cl2N2OS/c1-21-15-9(5-10(17)6-13(15)18)8-20-16-12(7-19)11-3-2-4-14(11)22-16/h5-6,8H,2-4H2,1H3. The number of methoxy groups -OCH3 is 1. The fraction of sp³-hybridized carbons (Fsp3) is 0.250. The van der Waals surface area contributed by atoms with Crippen LogP contribution in [0.1, 0.15) is 28.0 Å². The number of aryl methyl sites for hydroxylation is 1. The van der Waals surface area contributed by atoms with E-state index in [1.807, 2.05) is 0 Å². The second-order valence-electron chi connectivity index (χ2n) is 4.92. The van der Waals surface area contributed by atoms with Crippen LogP contribution in [0.15, 0.2) is 17.1 Å². The lowest BCUT2D eigenvalue weighted by molar-refractivity contribution is 0.414. The zero-order chi connectivity index (χ0) is 15.7. The van der Waals surface area contributed by atoms with Gasteiger partial charge in [-0.15, -0.1) is 11.3 Å². The first-order valence-corrected chi connectivity index (χ1v) is 8.33. The molecule has 1 aliphatic rings. The van der Waals surface area contributed by atoms with Crippen molar-refractivity contribution in [3.05, 3.63) is 43.7 Å². The molecule has 0 radical (unpaired) electrons. The number of rotatable bonds is 3. The average molecular weight is 351 g/mol. The first-order chi connectivity index (χ1) is 10.6. The predicted octanol–water partition coefficient (Wildman–Crippen LogP) is 5.17. The van der Waals surface area contributed by atoms with E-state index in [0.29, 0.717) is 26.9 Å². The molecule has 22 heavy (non-hydrogen) atoms. The lowest BCUT2D eigenvalue weighted by Crippen LogP contribution is -1.92. The molecule has 0 saturated carbocycles. The van der Waals surface area contributed by atoms with Crippen LogP contribution in [-0.2, 0) is 12.8 Å². The van der Waals surface area contributed by atoms with Gasteiger partial charge in [0.2, 0.25) is 0 Å². The SMILES string of the molecule is COc1c(Cl)cc(Cl)cc1C=Nc1sc2c(c1C#N)CCC2. The summed E-state index contributed by atoms with van der Waals surface area (Å²) < 4.78 is 5.29. The predicted molar refractivity (Wildman–Crippen MR) is 91.3 cm³/mol. The van der Waals surface area contributed by atoms with Gasteiger partial charge in [-0.3, -0.25) is 0 Å². The molecule has 0 bridgehead atoms. The Hall–Kier alpha value is -1.54. The van der Waals surface area contributed by atoms with Crippen molar-refractivity contribution < 1.29 is 4.74 Å². The Balaban J connectivity index is 2.01. The molecule has 1 heterocycles. The van der Waals surface area contributed by atoms with Crippen LogP contribution in [0.5, 0.6) is 5.75 Å². The summed E-state index contributed by atoms with van der Waals surface area (Å²) in [5, 5.41) is 11.1. The van der Waals surface area contributed by atoms with Crippen LogP contribution in [0.4, 0.5) is 5.00 Å². The van der Waals surface area contributed by atoms with Gasteiger partial charge < -0.3 is 4.74 Å². The molecule has 1 aromatic heterocycles. The number of benzene rings is 1. The van der Waals surface area contributed by atoms with Crippen LogP contribution in [-0.4, -0.2) is 13.3 Å². The highest BCUT2D eigenvalue weighted by Gasteiger charge is 2.21. The summed E-state index contributed by atoms with van der Waals surface area (Å²) in [6.07, 6.45) is 4.78. The Morgan fingerprint density at radius 1 is 1.36 bits per heavy atom. The Labute approximate surface area is 142 Å². The van der Waals surface area contributed by atoms with Gasteiger partial charge in [0.25, 0.3) is 0 Å². The largest absolute Gasteiger partial charge is 0.495 e. The van der Waals surface area contributed by atoms with E-state index in [0.717, 1.165) is 29.8 Å². The third-order valence-corrected chi connectivity index (χ3v) is 5.28. The van der Waals surface area contributed by atoms with Crippen LogP contribution in [0.3, 0.4) is 0 Å². The molecule has 0 saturated heterocycles.